The number of rotatable bonds is 0. The Morgan fingerprint density at radius 3 is 2.75 bits per heavy atom. The van der Waals surface area contributed by atoms with Gasteiger partial charge in [0.05, 0.1) is 3.92 Å². The second kappa shape index (κ2) is 5.52. The fourth-order valence-corrected chi connectivity index (χ4v) is 1.93. The average Bonchev–Trinajstić information content (AvgIpc) is 2.31. The smallest absolute Gasteiger partial charge is 0.306 e. The number of hydrogen-bond acceptors (Lipinski definition) is 3. The molecule has 2 rings (SSSR count). The van der Waals surface area contributed by atoms with Crippen molar-refractivity contribution < 1.29 is 14.3 Å². The molecule has 4 heteroatoms. The molecule has 1 atom stereocenters. The summed E-state index contributed by atoms with van der Waals surface area (Å²) in [6.07, 6.45) is 1.10. The number of para-hydroxylation sites is 1. The van der Waals surface area contributed by atoms with Crippen molar-refractivity contribution in [3.8, 4) is 5.75 Å². The maximum absolute atomic E-state index is 11.4. The summed E-state index contributed by atoms with van der Waals surface area (Å²) in [7, 11) is 0. The zero-order valence-electron chi connectivity index (χ0n) is 8.82. The highest BCUT2D eigenvalue weighted by Gasteiger charge is 2.14. The lowest BCUT2D eigenvalue weighted by molar-refractivity contribution is -0.143. The van der Waals surface area contributed by atoms with Crippen LogP contribution >= 0.6 is 22.6 Å². The van der Waals surface area contributed by atoms with Crippen molar-refractivity contribution in [3.05, 3.63) is 29.8 Å². The third-order valence-corrected chi connectivity index (χ3v) is 3.14. The van der Waals surface area contributed by atoms with Crippen LogP contribution in [0.2, 0.25) is 0 Å². The minimum Gasteiger partial charge on any atom is -0.492 e. The van der Waals surface area contributed by atoms with E-state index >= 15 is 0 Å². The number of carbonyl (C=O) groups excluding carboxylic acids is 1. The summed E-state index contributed by atoms with van der Waals surface area (Å²) < 4.78 is 11.0. The number of fused-ring (bicyclic) bond motifs is 1. The fraction of sp³-hybridized carbons (Fsp3) is 0.417. The first-order chi connectivity index (χ1) is 7.75. The highest BCUT2D eigenvalue weighted by Crippen LogP contribution is 2.21. The van der Waals surface area contributed by atoms with Crippen LogP contribution in [0.25, 0.3) is 0 Å². The van der Waals surface area contributed by atoms with Gasteiger partial charge >= 0.3 is 5.97 Å². The van der Waals surface area contributed by atoms with Gasteiger partial charge in [0.15, 0.2) is 0 Å². The topological polar surface area (TPSA) is 35.5 Å². The molecule has 1 aromatic rings. The third kappa shape index (κ3) is 3.10. The monoisotopic (exact) mass is 332 g/mol. The van der Waals surface area contributed by atoms with Crippen molar-refractivity contribution in [2.75, 3.05) is 13.2 Å². The molecule has 1 aromatic carbocycles. The SMILES string of the molecule is O=C1CCc2ccccc2OCC(I)CO1. The van der Waals surface area contributed by atoms with E-state index in [1.165, 1.54) is 0 Å². The van der Waals surface area contributed by atoms with Crippen molar-refractivity contribution in [1.29, 1.82) is 0 Å². The van der Waals surface area contributed by atoms with Crippen LogP contribution in [0.4, 0.5) is 0 Å². The van der Waals surface area contributed by atoms with Crippen LogP contribution < -0.4 is 4.74 Å². The van der Waals surface area contributed by atoms with Crippen LogP contribution in [0, 0.1) is 0 Å². The molecule has 86 valence electrons. The van der Waals surface area contributed by atoms with E-state index in [-0.39, 0.29) is 9.89 Å². The number of esters is 1. The van der Waals surface area contributed by atoms with Gasteiger partial charge < -0.3 is 9.47 Å². The van der Waals surface area contributed by atoms with Crippen LogP contribution in [-0.2, 0) is 16.0 Å². The zero-order chi connectivity index (χ0) is 11.4. The molecular weight excluding hydrogens is 319 g/mol. The summed E-state index contributed by atoms with van der Waals surface area (Å²) >= 11 is 2.24. The maximum Gasteiger partial charge on any atom is 0.306 e. The van der Waals surface area contributed by atoms with E-state index < -0.39 is 0 Å². The van der Waals surface area contributed by atoms with Gasteiger partial charge in [-0.05, 0) is 18.1 Å². The van der Waals surface area contributed by atoms with Gasteiger partial charge in [0, 0.05) is 6.42 Å². The van der Waals surface area contributed by atoms with Crippen molar-refractivity contribution in [2.45, 2.75) is 16.8 Å². The van der Waals surface area contributed by atoms with Gasteiger partial charge in [-0.2, -0.15) is 0 Å². The van der Waals surface area contributed by atoms with Crippen molar-refractivity contribution >= 4 is 28.6 Å². The number of alkyl halides is 1. The second-order valence-corrected chi connectivity index (χ2v) is 5.46. The lowest BCUT2D eigenvalue weighted by atomic mass is 10.1. The molecule has 1 heterocycles. The molecular formula is C12H13IO3. The molecule has 0 amide bonds. The number of halogens is 1. The van der Waals surface area contributed by atoms with E-state index in [2.05, 4.69) is 22.6 Å². The summed E-state index contributed by atoms with van der Waals surface area (Å²) in [4.78, 5) is 11.4. The Balaban J connectivity index is 2.17. The van der Waals surface area contributed by atoms with Gasteiger partial charge in [0.1, 0.15) is 19.0 Å². The normalized spacial score (nSPS) is 21.6. The van der Waals surface area contributed by atoms with E-state index in [4.69, 9.17) is 9.47 Å². The summed E-state index contributed by atoms with van der Waals surface area (Å²) in [5.74, 6) is 0.761. The molecule has 0 spiro atoms. The van der Waals surface area contributed by atoms with Crippen LogP contribution in [0.5, 0.6) is 5.75 Å². The predicted molar refractivity (Wildman–Crippen MR) is 69.0 cm³/mol. The van der Waals surface area contributed by atoms with Gasteiger partial charge in [-0.3, -0.25) is 4.79 Å². The molecule has 0 N–H and O–H groups in total. The summed E-state index contributed by atoms with van der Waals surface area (Å²) in [6, 6.07) is 7.85. The number of aryl methyl sites for hydroxylation is 1. The number of benzene rings is 1. The predicted octanol–water partition coefficient (Wildman–Crippen LogP) is 2.36. The number of hydrogen-bond donors (Lipinski definition) is 0. The van der Waals surface area contributed by atoms with Crippen LogP contribution in [-0.4, -0.2) is 23.1 Å². The lowest BCUT2D eigenvalue weighted by Crippen LogP contribution is -2.22. The molecule has 16 heavy (non-hydrogen) atoms. The van der Waals surface area contributed by atoms with Crippen LogP contribution in [0.15, 0.2) is 24.3 Å². The van der Waals surface area contributed by atoms with Crippen molar-refractivity contribution in [1.82, 2.24) is 0 Å². The standard InChI is InChI=1S/C12H13IO3/c13-10-7-15-11-4-2-1-3-9(11)5-6-12(14)16-8-10/h1-4,10H,5-8H2. The molecule has 0 aromatic heterocycles. The lowest BCUT2D eigenvalue weighted by Gasteiger charge is -2.17. The number of carbonyl (C=O) groups is 1. The first-order valence-corrected chi connectivity index (χ1v) is 6.50. The molecule has 0 radical (unpaired) electrons. The Labute approximate surface area is 108 Å². The van der Waals surface area contributed by atoms with E-state index in [0.29, 0.717) is 26.1 Å². The first kappa shape index (κ1) is 11.7. The van der Waals surface area contributed by atoms with E-state index in [9.17, 15) is 4.79 Å². The van der Waals surface area contributed by atoms with Gasteiger partial charge in [-0.1, -0.05) is 40.8 Å². The molecule has 0 bridgehead atoms. The highest BCUT2D eigenvalue weighted by atomic mass is 127. The minimum absolute atomic E-state index is 0.127. The Morgan fingerprint density at radius 2 is 1.88 bits per heavy atom. The maximum atomic E-state index is 11.4. The van der Waals surface area contributed by atoms with Crippen LogP contribution in [0.1, 0.15) is 12.0 Å². The van der Waals surface area contributed by atoms with E-state index in [1.54, 1.807) is 0 Å². The Hall–Kier alpha value is -0.780. The van der Waals surface area contributed by atoms with Gasteiger partial charge in [0.25, 0.3) is 0 Å². The quantitative estimate of drug-likeness (QED) is 0.416. The molecule has 1 aliphatic heterocycles. The molecule has 0 fully saturated rings. The Kier molecular flexibility index (Phi) is 4.04. The summed E-state index contributed by atoms with van der Waals surface area (Å²) in [6.45, 7) is 1.01. The van der Waals surface area contributed by atoms with E-state index in [1.807, 2.05) is 24.3 Å². The van der Waals surface area contributed by atoms with Crippen LogP contribution in [0.3, 0.4) is 0 Å². The Bertz CT molecular complexity index is 378. The van der Waals surface area contributed by atoms with Gasteiger partial charge in [-0.25, -0.2) is 0 Å². The fourth-order valence-electron chi connectivity index (χ4n) is 1.57. The largest absolute Gasteiger partial charge is 0.492 e. The molecule has 1 aliphatic rings. The molecule has 0 aliphatic carbocycles. The van der Waals surface area contributed by atoms with Gasteiger partial charge in [0.2, 0.25) is 0 Å². The second-order valence-electron chi connectivity index (χ2n) is 3.70. The number of ether oxygens (including phenoxy) is 2. The highest BCUT2D eigenvalue weighted by molar-refractivity contribution is 14.1. The molecule has 3 nitrogen and oxygen atoms in total. The summed E-state index contributed by atoms with van der Waals surface area (Å²) in [5, 5.41) is 0. The molecule has 1 unspecified atom stereocenters. The van der Waals surface area contributed by atoms with E-state index in [0.717, 1.165) is 11.3 Å². The first-order valence-electron chi connectivity index (χ1n) is 5.26. The third-order valence-electron chi connectivity index (χ3n) is 2.42. The minimum atomic E-state index is -0.127. The van der Waals surface area contributed by atoms with Gasteiger partial charge in [-0.15, -0.1) is 0 Å². The van der Waals surface area contributed by atoms with Crippen molar-refractivity contribution in [2.24, 2.45) is 0 Å². The molecule has 0 saturated heterocycles. The van der Waals surface area contributed by atoms with Crippen molar-refractivity contribution in [3.63, 3.8) is 0 Å². The molecule has 0 saturated carbocycles. The summed E-state index contributed by atoms with van der Waals surface area (Å²) in [5.41, 5.74) is 1.07. The Morgan fingerprint density at radius 1 is 1.12 bits per heavy atom. The average molecular weight is 332 g/mol. The zero-order valence-corrected chi connectivity index (χ0v) is 11.0. The number of cyclic esters (lactones) is 1.